The van der Waals surface area contributed by atoms with Crippen LogP contribution in [0.1, 0.15) is 58.3 Å². The van der Waals surface area contributed by atoms with Gasteiger partial charge in [0, 0.05) is 45.2 Å². The number of likely N-dealkylation sites (N-methyl/N-ethyl adjacent to an activating group) is 1. The minimum absolute atomic E-state index is 0.263. The zero-order valence-corrected chi connectivity index (χ0v) is 28.4. The van der Waals surface area contributed by atoms with E-state index in [4.69, 9.17) is 9.47 Å². The number of aromatic amines is 1. The topological polar surface area (TPSA) is 120 Å². The molecule has 252 valence electrons. The average molecular weight is 653 g/mol. The van der Waals surface area contributed by atoms with E-state index in [1.54, 1.807) is 36.2 Å². The summed E-state index contributed by atoms with van der Waals surface area (Å²) < 4.78 is 11.8. The van der Waals surface area contributed by atoms with Gasteiger partial charge in [-0.1, -0.05) is 19.1 Å². The Morgan fingerprint density at radius 1 is 1.04 bits per heavy atom. The van der Waals surface area contributed by atoms with Gasteiger partial charge in [-0.25, -0.2) is 9.78 Å². The fourth-order valence-electron chi connectivity index (χ4n) is 5.79. The summed E-state index contributed by atoms with van der Waals surface area (Å²) in [5.74, 6) is 3.32. The van der Waals surface area contributed by atoms with Crippen molar-refractivity contribution < 1.29 is 23.9 Å². The summed E-state index contributed by atoms with van der Waals surface area (Å²) in [5, 5.41) is 2.91. The molecule has 2 heterocycles. The van der Waals surface area contributed by atoms with Gasteiger partial charge in [0.15, 0.2) is 0 Å². The van der Waals surface area contributed by atoms with Crippen molar-refractivity contribution in [2.24, 2.45) is 0 Å². The molecule has 0 saturated carbocycles. The van der Waals surface area contributed by atoms with Crippen LogP contribution in [0.3, 0.4) is 0 Å². The van der Waals surface area contributed by atoms with Crippen molar-refractivity contribution >= 4 is 40.2 Å². The van der Waals surface area contributed by atoms with Crippen molar-refractivity contribution in [1.29, 1.82) is 0 Å². The predicted octanol–water partition coefficient (Wildman–Crippen LogP) is 5.48. The fourth-order valence-corrected chi connectivity index (χ4v) is 5.79. The molecule has 1 aliphatic rings. The minimum atomic E-state index is -0.330. The summed E-state index contributed by atoms with van der Waals surface area (Å²) in [5.41, 5.74) is 5.02. The van der Waals surface area contributed by atoms with Gasteiger partial charge in [-0.2, -0.15) is 0 Å². The van der Waals surface area contributed by atoms with Gasteiger partial charge in [0.2, 0.25) is 0 Å². The number of allylic oxidation sites excluding steroid dienone is 1. The summed E-state index contributed by atoms with van der Waals surface area (Å²) in [7, 11) is 5.29. The van der Waals surface area contributed by atoms with Crippen molar-refractivity contribution in [1.82, 2.24) is 19.8 Å². The van der Waals surface area contributed by atoms with Crippen LogP contribution in [0.15, 0.2) is 60.3 Å². The van der Waals surface area contributed by atoms with E-state index in [9.17, 15) is 14.4 Å². The highest BCUT2D eigenvalue weighted by molar-refractivity contribution is 6.12. The van der Waals surface area contributed by atoms with Crippen molar-refractivity contribution in [2.45, 2.75) is 39.5 Å². The van der Waals surface area contributed by atoms with E-state index in [1.807, 2.05) is 44.2 Å². The van der Waals surface area contributed by atoms with Gasteiger partial charge in [0.25, 0.3) is 11.8 Å². The monoisotopic (exact) mass is 652 g/mol. The summed E-state index contributed by atoms with van der Waals surface area (Å²) in [6.07, 6.45) is 2.93. The van der Waals surface area contributed by atoms with Gasteiger partial charge in [0.1, 0.15) is 28.8 Å². The Bertz CT molecular complexity index is 1820. The van der Waals surface area contributed by atoms with Crippen molar-refractivity contribution in [3.8, 4) is 11.5 Å². The van der Waals surface area contributed by atoms with Crippen molar-refractivity contribution in [3.05, 3.63) is 82.8 Å². The maximum Gasteiger partial charge on any atom is 0.258 e. The molecule has 0 radical (unpaired) electrons. The summed E-state index contributed by atoms with van der Waals surface area (Å²) in [4.78, 5) is 52.3. The maximum atomic E-state index is 13.7. The molecule has 0 bridgehead atoms. The van der Waals surface area contributed by atoms with E-state index < -0.39 is 0 Å². The quantitative estimate of drug-likeness (QED) is 0.144. The molecule has 3 aromatic carbocycles. The van der Waals surface area contributed by atoms with Crippen LogP contribution in [0.5, 0.6) is 11.5 Å². The Labute approximate surface area is 281 Å². The normalized spacial score (nSPS) is 13.2. The van der Waals surface area contributed by atoms with Crippen LogP contribution in [0.4, 0.5) is 11.4 Å². The summed E-state index contributed by atoms with van der Waals surface area (Å²) in [6.45, 7) is 7.98. The molecule has 0 aliphatic carbocycles. The summed E-state index contributed by atoms with van der Waals surface area (Å²) >= 11 is 0. The first kappa shape index (κ1) is 34.2. The van der Waals surface area contributed by atoms with E-state index in [1.165, 1.54) is 7.11 Å². The number of nitrogens with zero attached hydrogens (tertiary/aromatic N) is 4. The number of benzene rings is 3. The molecule has 0 unspecified atom stereocenters. The molecule has 0 spiro atoms. The molecule has 1 aliphatic heterocycles. The largest absolute Gasteiger partial charge is 0.495 e. The third-order valence-corrected chi connectivity index (χ3v) is 8.69. The van der Waals surface area contributed by atoms with Gasteiger partial charge < -0.3 is 34.5 Å². The summed E-state index contributed by atoms with van der Waals surface area (Å²) in [6, 6.07) is 16.1. The van der Waals surface area contributed by atoms with Crippen LogP contribution >= 0.6 is 0 Å². The van der Waals surface area contributed by atoms with Crippen LogP contribution in [0.25, 0.3) is 11.0 Å². The third kappa shape index (κ3) is 7.87. The highest BCUT2D eigenvalue weighted by atomic mass is 16.5. The maximum absolute atomic E-state index is 13.7. The second kappa shape index (κ2) is 15.6. The van der Waals surface area contributed by atoms with E-state index in [0.717, 1.165) is 68.0 Å². The van der Waals surface area contributed by atoms with Gasteiger partial charge >= 0.3 is 0 Å². The first-order chi connectivity index (χ1) is 23.2. The number of amides is 2. The van der Waals surface area contributed by atoms with E-state index >= 15 is 0 Å². The molecular formula is C37H44N6O5. The molecule has 2 N–H and O–H groups in total. The lowest BCUT2D eigenvalue weighted by Gasteiger charge is -2.34. The molecule has 0 atom stereocenters. The number of carbonyl (C=O) groups is 2. The number of para-hydroxylation sites is 1. The lowest BCUT2D eigenvalue weighted by atomic mass is 10.1. The number of methoxy groups -OCH3 is 1. The number of unbranched alkanes of at least 4 members (excludes halogenated alkanes) is 1. The molecular weight excluding hydrogens is 608 g/mol. The van der Waals surface area contributed by atoms with Gasteiger partial charge in [-0.15, -0.1) is 0 Å². The first-order valence-corrected chi connectivity index (χ1v) is 16.4. The Hall–Kier alpha value is -5.12. The molecule has 1 saturated heterocycles. The Kier molecular flexibility index (Phi) is 11.2. The van der Waals surface area contributed by atoms with Crippen molar-refractivity contribution in [3.63, 3.8) is 0 Å². The molecule has 11 nitrogen and oxygen atoms in total. The molecule has 4 aromatic rings. The molecule has 1 fully saturated rings. The lowest BCUT2D eigenvalue weighted by Crippen LogP contribution is -2.44. The number of ether oxygens (including phenoxy) is 2. The number of piperazine rings is 1. The number of fused-ring (bicyclic) bond motifs is 1. The average Bonchev–Trinajstić information content (AvgIpc) is 3.54. The first-order valence-electron chi connectivity index (χ1n) is 16.4. The Morgan fingerprint density at radius 2 is 1.83 bits per heavy atom. The van der Waals surface area contributed by atoms with Gasteiger partial charge in [-0.3, -0.25) is 9.59 Å². The number of H-pyrrole nitrogens is 1. The number of imidazole rings is 1. The number of carbonyl (C=O) groups excluding carboxylic acids is 3. The standard InChI is InChI=1S/C37H44N6O5/c1-6-34-38-30-12-9-11-28(35(30)40-34)36(45)39-29-15-14-26(23-32(29)47-5)37(46)42(4)31-16-13-25(2)22-33(31)48-21-8-7-10-27(24-44)43-19-17-41(3)18-20-43/h9,11-16,22-23H,6-8,10,17-21H2,1-5H3,(H,38,40)(H,39,45). The zero-order chi connectivity index (χ0) is 34.2. The highest BCUT2D eigenvalue weighted by Crippen LogP contribution is 2.32. The number of anilines is 2. The SMILES string of the molecule is CCc1nc2c(C(=O)Nc3ccc(C(=O)N(C)c4ccc(C)cc4OCCCCC(=C=O)N4CCN(C)CC4)cc3OC)cccc2[nH]1. The Balaban J connectivity index is 1.23. The Morgan fingerprint density at radius 3 is 2.56 bits per heavy atom. The van der Waals surface area contributed by atoms with Crippen molar-refractivity contribution in [2.75, 3.05) is 64.2 Å². The fraction of sp³-hybridized carbons (Fsp3) is 0.378. The lowest BCUT2D eigenvalue weighted by molar-refractivity contribution is 0.0990. The van der Waals surface area contributed by atoms with Gasteiger partial charge in [0.05, 0.1) is 41.9 Å². The van der Waals surface area contributed by atoms with Crippen LogP contribution in [-0.4, -0.2) is 91.5 Å². The number of rotatable bonds is 13. The molecule has 48 heavy (non-hydrogen) atoms. The zero-order valence-electron chi connectivity index (χ0n) is 28.4. The molecule has 5 rings (SSSR count). The third-order valence-electron chi connectivity index (χ3n) is 8.69. The number of nitrogens with one attached hydrogen (secondary N) is 2. The van der Waals surface area contributed by atoms with Crippen LogP contribution in [0, 0.1) is 6.92 Å². The molecule has 11 heteroatoms. The van der Waals surface area contributed by atoms with Gasteiger partial charge in [-0.05, 0) is 81.3 Å². The van der Waals surface area contributed by atoms with Crippen LogP contribution in [0.2, 0.25) is 0 Å². The minimum Gasteiger partial charge on any atom is -0.495 e. The number of aromatic nitrogens is 2. The number of hydrogen-bond acceptors (Lipinski definition) is 8. The smallest absolute Gasteiger partial charge is 0.258 e. The number of hydrogen-bond donors (Lipinski definition) is 2. The van der Waals surface area contributed by atoms with Crippen LogP contribution in [-0.2, 0) is 11.2 Å². The highest BCUT2D eigenvalue weighted by Gasteiger charge is 2.21. The number of aryl methyl sites for hydroxylation is 2. The second-order valence-corrected chi connectivity index (χ2v) is 12.1. The van der Waals surface area contributed by atoms with E-state index in [0.29, 0.717) is 52.5 Å². The van der Waals surface area contributed by atoms with E-state index in [-0.39, 0.29) is 11.8 Å². The second-order valence-electron chi connectivity index (χ2n) is 12.1. The molecule has 2 amide bonds. The van der Waals surface area contributed by atoms with E-state index in [2.05, 4.69) is 38.1 Å². The van der Waals surface area contributed by atoms with Crippen LogP contribution < -0.4 is 19.7 Å². The molecule has 1 aromatic heterocycles. The predicted molar refractivity (Wildman–Crippen MR) is 188 cm³/mol.